The van der Waals surface area contributed by atoms with Crippen LogP contribution in [0.25, 0.3) is 0 Å². The predicted octanol–water partition coefficient (Wildman–Crippen LogP) is 1.47. The Bertz CT molecular complexity index is 199. The van der Waals surface area contributed by atoms with Gasteiger partial charge in [0, 0.05) is 0 Å². The summed E-state index contributed by atoms with van der Waals surface area (Å²) < 4.78 is 0. The van der Waals surface area contributed by atoms with E-state index in [1.54, 1.807) is 0 Å². The van der Waals surface area contributed by atoms with Crippen molar-refractivity contribution < 1.29 is 10.4 Å². The van der Waals surface area contributed by atoms with Gasteiger partial charge < -0.3 is 10.4 Å². The molecule has 4 heteroatoms. The molecule has 2 N–H and O–H groups in total. The molecule has 0 aromatic rings. The van der Waals surface area contributed by atoms with E-state index in [-0.39, 0.29) is 0 Å². The first-order valence-electron chi connectivity index (χ1n) is 3.70. The molecule has 1 atom stereocenters. The van der Waals surface area contributed by atoms with Crippen molar-refractivity contribution >= 4 is 11.4 Å². The Morgan fingerprint density at radius 1 is 1.27 bits per heavy atom. The van der Waals surface area contributed by atoms with Crippen LogP contribution in [0.15, 0.2) is 10.3 Å². The van der Waals surface area contributed by atoms with Gasteiger partial charge in [-0.15, -0.1) is 0 Å². The summed E-state index contributed by atoms with van der Waals surface area (Å²) in [5.41, 5.74) is 1.04. The first-order chi connectivity index (χ1) is 5.27. The van der Waals surface area contributed by atoms with Crippen LogP contribution in [0.1, 0.15) is 26.2 Å². The number of rotatable bonds is 0. The lowest BCUT2D eigenvalue weighted by Crippen LogP contribution is -2.23. The van der Waals surface area contributed by atoms with E-state index in [2.05, 4.69) is 17.2 Å². The van der Waals surface area contributed by atoms with E-state index < -0.39 is 0 Å². The first-order valence-corrected chi connectivity index (χ1v) is 3.70. The summed E-state index contributed by atoms with van der Waals surface area (Å²) in [7, 11) is 0. The van der Waals surface area contributed by atoms with Crippen molar-refractivity contribution in [2.75, 3.05) is 0 Å². The van der Waals surface area contributed by atoms with Crippen molar-refractivity contribution in [1.29, 1.82) is 0 Å². The molecule has 1 fully saturated rings. The normalized spacial score (nSPS) is 33.0. The molecule has 0 radical (unpaired) electrons. The minimum absolute atomic E-state index is 0.519. The molecule has 1 rings (SSSR count). The maximum Gasteiger partial charge on any atom is 0.105 e. The van der Waals surface area contributed by atoms with Crippen molar-refractivity contribution in [3.63, 3.8) is 0 Å². The molecule has 4 nitrogen and oxygen atoms in total. The molecular weight excluding hydrogens is 144 g/mol. The van der Waals surface area contributed by atoms with Crippen molar-refractivity contribution in [3.8, 4) is 0 Å². The Balaban J connectivity index is 2.72. The third-order valence-corrected chi connectivity index (χ3v) is 1.99. The monoisotopic (exact) mass is 156 g/mol. The Hall–Kier alpha value is -1.06. The molecule has 0 heterocycles. The van der Waals surface area contributed by atoms with E-state index >= 15 is 0 Å². The Morgan fingerprint density at radius 3 is 2.45 bits per heavy atom. The van der Waals surface area contributed by atoms with E-state index in [4.69, 9.17) is 10.4 Å². The summed E-state index contributed by atoms with van der Waals surface area (Å²) in [6.07, 6.45) is 2.41. The summed E-state index contributed by atoms with van der Waals surface area (Å²) in [6, 6.07) is 0. The zero-order valence-corrected chi connectivity index (χ0v) is 6.49. The SMILES string of the molecule is CC1CCC(=N/O)/C(=N\O)C1. The fourth-order valence-corrected chi connectivity index (χ4v) is 1.28. The molecule has 1 saturated carbocycles. The smallest absolute Gasteiger partial charge is 0.105 e. The van der Waals surface area contributed by atoms with Crippen LogP contribution >= 0.6 is 0 Å². The summed E-state index contributed by atoms with van der Waals surface area (Å²) in [6.45, 7) is 2.08. The van der Waals surface area contributed by atoms with Gasteiger partial charge in [-0.2, -0.15) is 0 Å². The third kappa shape index (κ3) is 1.69. The Morgan fingerprint density at radius 2 is 1.91 bits per heavy atom. The van der Waals surface area contributed by atoms with E-state index in [0.29, 0.717) is 30.2 Å². The molecule has 0 amide bonds. The van der Waals surface area contributed by atoms with Gasteiger partial charge in [0.1, 0.15) is 11.4 Å². The van der Waals surface area contributed by atoms with Gasteiger partial charge in [-0.3, -0.25) is 0 Å². The average Bonchev–Trinajstić information content (AvgIpc) is 2.04. The molecule has 0 aromatic heterocycles. The van der Waals surface area contributed by atoms with Crippen molar-refractivity contribution in [2.45, 2.75) is 26.2 Å². The zero-order valence-electron chi connectivity index (χ0n) is 6.49. The molecular formula is C7H12N2O2. The first kappa shape index (κ1) is 8.04. The molecule has 0 aliphatic heterocycles. The van der Waals surface area contributed by atoms with E-state index in [1.807, 2.05) is 0 Å². The number of hydrogen-bond donors (Lipinski definition) is 2. The van der Waals surface area contributed by atoms with Crippen molar-refractivity contribution in [2.24, 2.45) is 16.2 Å². The van der Waals surface area contributed by atoms with Gasteiger partial charge in [-0.1, -0.05) is 17.2 Å². The van der Waals surface area contributed by atoms with Gasteiger partial charge in [-0.25, -0.2) is 0 Å². The van der Waals surface area contributed by atoms with Crippen LogP contribution in [0.4, 0.5) is 0 Å². The minimum atomic E-state index is 0.519. The standard InChI is InChI=1S/C7H12N2O2/c1-5-2-3-6(8-10)7(4-5)9-11/h5,10-11H,2-4H2,1H3/b8-6-,9-7-. The van der Waals surface area contributed by atoms with Gasteiger partial charge >= 0.3 is 0 Å². The molecule has 62 valence electrons. The summed E-state index contributed by atoms with van der Waals surface area (Å²) in [5.74, 6) is 0.520. The summed E-state index contributed by atoms with van der Waals surface area (Å²) in [5, 5.41) is 23.1. The largest absolute Gasteiger partial charge is 0.411 e. The second-order valence-corrected chi connectivity index (χ2v) is 2.94. The molecule has 0 spiro atoms. The van der Waals surface area contributed by atoms with Gasteiger partial charge in [0.2, 0.25) is 0 Å². The Labute approximate surface area is 65.2 Å². The van der Waals surface area contributed by atoms with Crippen LogP contribution < -0.4 is 0 Å². The maximum atomic E-state index is 8.51. The van der Waals surface area contributed by atoms with Gasteiger partial charge in [-0.05, 0) is 25.2 Å². The van der Waals surface area contributed by atoms with Gasteiger partial charge in [0.05, 0.1) is 0 Å². The topological polar surface area (TPSA) is 65.2 Å². The van der Waals surface area contributed by atoms with Crippen molar-refractivity contribution in [3.05, 3.63) is 0 Å². The van der Waals surface area contributed by atoms with Crippen LogP contribution in [0.2, 0.25) is 0 Å². The highest BCUT2D eigenvalue weighted by Crippen LogP contribution is 2.19. The minimum Gasteiger partial charge on any atom is -0.411 e. The van der Waals surface area contributed by atoms with Crippen LogP contribution in [0, 0.1) is 5.92 Å². The van der Waals surface area contributed by atoms with Crippen LogP contribution in [-0.2, 0) is 0 Å². The quantitative estimate of drug-likeness (QED) is 0.412. The lowest BCUT2D eigenvalue weighted by molar-refractivity contribution is 0.308. The molecule has 0 saturated heterocycles. The van der Waals surface area contributed by atoms with Crippen LogP contribution in [0.5, 0.6) is 0 Å². The number of oxime groups is 2. The highest BCUT2D eigenvalue weighted by atomic mass is 16.4. The lowest BCUT2D eigenvalue weighted by Gasteiger charge is -2.18. The number of hydrogen-bond acceptors (Lipinski definition) is 4. The highest BCUT2D eigenvalue weighted by Gasteiger charge is 2.20. The predicted molar refractivity (Wildman–Crippen MR) is 41.5 cm³/mol. The second kappa shape index (κ2) is 3.37. The van der Waals surface area contributed by atoms with Gasteiger partial charge in [0.15, 0.2) is 0 Å². The number of nitrogens with zero attached hydrogens (tertiary/aromatic N) is 2. The second-order valence-electron chi connectivity index (χ2n) is 2.94. The van der Waals surface area contributed by atoms with E-state index in [1.165, 1.54) is 0 Å². The molecule has 0 aromatic carbocycles. The molecule has 0 bridgehead atoms. The summed E-state index contributed by atoms with van der Waals surface area (Å²) in [4.78, 5) is 0. The highest BCUT2D eigenvalue weighted by molar-refractivity contribution is 6.42. The molecule has 1 unspecified atom stereocenters. The molecule has 1 aliphatic carbocycles. The maximum absolute atomic E-state index is 8.51. The van der Waals surface area contributed by atoms with E-state index in [0.717, 1.165) is 6.42 Å². The van der Waals surface area contributed by atoms with Crippen LogP contribution in [0.3, 0.4) is 0 Å². The van der Waals surface area contributed by atoms with Crippen molar-refractivity contribution in [1.82, 2.24) is 0 Å². The average molecular weight is 156 g/mol. The lowest BCUT2D eigenvalue weighted by atomic mass is 9.88. The Kier molecular flexibility index (Phi) is 2.46. The summed E-state index contributed by atoms with van der Waals surface area (Å²) >= 11 is 0. The van der Waals surface area contributed by atoms with Crippen LogP contribution in [-0.4, -0.2) is 21.8 Å². The molecule has 1 aliphatic rings. The zero-order chi connectivity index (χ0) is 8.27. The van der Waals surface area contributed by atoms with Gasteiger partial charge in [0.25, 0.3) is 0 Å². The fraction of sp³-hybridized carbons (Fsp3) is 0.714. The third-order valence-electron chi connectivity index (χ3n) is 1.99. The van der Waals surface area contributed by atoms with E-state index in [9.17, 15) is 0 Å². The fourth-order valence-electron chi connectivity index (χ4n) is 1.28. The molecule has 11 heavy (non-hydrogen) atoms.